The molecule has 0 aliphatic rings. The van der Waals surface area contributed by atoms with Crippen LogP contribution in [0.1, 0.15) is 0 Å². The van der Waals surface area contributed by atoms with Gasteiger partial charge in [0, 0.05) is 0 Å². The Labute approximate surface area is 413 Å². The predicted octanol–water partition coefficient (Wildman–Crippen LogP) is -13.6. The average molecular weight is 1890 g/mol. The van der Waals surface area contributed by atoms with E-state index in [1.54, 1.807) is 0 Å². The minimum atomic E-state index is -8.79. The minimum absolute atomic E-state index is 0. The first kappa shape index (κ1) is 68.7. The van der Waals surface area contributed by atoms with Crippen LogP contribution in [0.3, 0.4) is 0 Å². The summed E-state index contributed by atoms with van der Waals surface area (Å²) in [6.45, 7) is 0. The van der Waals surface area contributed by atoms with Gasteiger partial charge in [0.2, 0.25) is 0 Å². The van der Waals surface area contributed by atoms with Crippen LogP contribution in [0.15, 0.2) is 0 Å². The van der Waals surface area contributed by atoms with Crippen LogP contribution >= 0.6 is 7.82 Å². The molecule has 0 unspecified atom stereocenters. The molecule has 0 bridgehead atoms. The van der Waals surface area contributed by atoms with Gasteiger partial charge in [-0.25, -0.2) is 0 Å². The van der Waals surface area contributed by atoms with Gasteiger partial charge < -0.3 is 0 Å². The molecule has 56 heavy (non-hydrogen) atoms. The second kappa shape index (κ2) is 23.9. The van der Waals surface area contributed by atoms with E-state index >= 15 is 0 Å². The summed E-state index contributed by atoms with van der Waals surface area (Å²) in [4.78, 5) is 0. The fourth-order valence-electron chi connectivity index (χ4n) is 1.41. The third kappa shape index (κ3) is 34.4. The Morgan fingerprint density at radius 1 is 0.250 bits per heavy atom. The Hall–Kier alpha value is 6.09. The number of hydrogen-bond acceptors (Lipinski definition) is 37. The molecule has 0 aromatic heterocycles. The molecular weight excluding hydrogens is 1890 g/mol. The van der Waals surface area contributed by atoms with Gasteiger partial charge in [-0.05, 0) is 0 Å². The first-order valence-corrected chi connectivity index (χ1v) is 49.8. The molecule has 0 heterocycles. The Kier molecular flexibility index (Phi) is 29.3. The second-order valence-corrected chi connectivity index (χ2v) is 56.1. The molecule has 0 saturated heterocycles. The predicted molar refractivity (Wildman–Crippen MR) is 43.8 cm³/mol. The van der Waals surface area contributed by atoms with Crippen LogP contribution in [0.4, 0.5) is 0 Å². The van der Waals surface area contributed by atoms with Gasteiger partial charge in [0.1, 0.15) is 0 Å². The van der Waals surface area contributed by atoms with Crippen molar-refractivity contribution in [3.8, 4) is 0 Å². The fourth-order valence-corrected chi connectivity index (χ4v) is 60.4. The molecule has 0 fully saturated rings. The molecule has 0 rings (SSSR count). The van der Waals surface area contributed by atoms with Gasteiger partial charge in [0.25, 0.3) is 0 Å². The van der Waals surface area contributed by atoms with E-state index < -0.39 is 209 Å². The molecule has 0 aromatic rings. The second-order valence-electron chi connectivity index (χ2n) is 6.24. The van der Waals surface area contributed by atoms with Gasteiger partial charge in [-0.3, -0.25) is 0 Å². The Balaban J connectivity index is -0.00000451. The molecule has 3 N–H and O–H groups in total. The molecule has 320 valence electrons. The molecule has 0 aliphatic heterocycles. The summed E-state index contributed by atoms with van der Waals surface area (Å²) in [5, 5.41) is 0. The van der Waals surface area contributed by atoms with E-state index in [1.807, 2.05) is 0 Å². The minimum Gasteiger partial charge on any atom is 1.00 e. The molecule has 0 spiro atoms. The molecular formula is H3Mo12Na3O40P+3. The number of phosphoric acid groups is 1. The maximum Gasteiger partial charge on any atom is 1.00 e. The molecule has 0 aliphatic carbocycles. The zero-order chi connectivity index (χ0) is 43.0. The first-order chi connectivity index (χ1) is 22.5. The van der Waals surface area contributed by atoms with Crippen molar-refractivity contribution >= 4 is 7.82 Å². The van der Waals surface area contributed by atoms with Gasteiger partial charge in [0.15, 0.2) is 0 Å². The topological polar surface area (TPSA) is 598 Å². The van der Waals surface area contributed by atoms with Gasteiger partial charge in [0.05, 0.1) is 0 Å². The van der Waals surface area contributed by atoms with E-state index in [2.05, 4.69) is 27.9 Å². The molecule has 0 amide bonds. The van der Waals surface area contributed by atoms with E-state index in [4.69, 9.17) is 11.3 Å². The van der Waals surface area contributed by atoms with Crippen molar-refractivity contribution in [1.29, 1.82) is 0 Å². The quantitative estimate of drug-likeness (QED) is 0.0597. The van der Waals surface area contributed by atoms with Gasteiger partial charge in [-0.2, -0.15) is 0 Å². The van der Waals surface area contributed by atoms with E-state index in [0.717, 1.165) is 0 Å². The maximum absolute atomic E-state index is 12.8. The van der Waals surface area contributed by atoms with Crippen LogP contribution in [0.25, 0.3) is 0 Å². The summed E-state index contributed by atoms with van der Waals surface area (Å²) in [6, 6.07) is 0. The van der Waals surface area contributed by atoms with E-state index in [-0.39, 0.29) is 88.7 Å². The van der Waals surface area contributed by atoms with Gasteiger partial charge >= 0.3 is 423 Å². The van der Waals surface area contributed by atoms with Crippen molar-refractivity contribution in [2.45, 2.75) is 0 Å². The Bertz CT molecular complexity index is 2520. The average Bonchev–Trinajstić information content (AvgIpc) is 2.58. The van der Waals surface area contributed by atoms with Crippen molar-refractivity contribution in [2.24, 2.45) is 0 Å². The third-order valence-corrected chi connectivity index (χ3v) is 62.5. The molecule has 0 atom stereocenters. The van der Waals surface area contributed by atoms with Crippen LogP contribution in [0.5, 0.6) is 0 Å². The standard InChI is InChI=1S/12Mo.3Na.H3O4P.3H2O.33O/c;;;;;;;;;;;;;;;1-5(2,3)4;;;;;;;;;;;;;;;;;;;;;;;;;;;;;;;;;;;;/h;;;;;;;;;;;;;;;(H3,1,2,3,4);3*1H2;;;;;;;;;;;;;;;;;;;;;;;;;;;;;;;;;/q;;;;;;9*+1;;;;;;;;;;;;;;;;;;;;;;;;;;;;;;;;;;;;;/p-6. The van der Waals surface area contributed by atoms with Crippen LogP contribution in [-0.4, -0.2) is 11.3 Å². The normalized spacial score (nSPS) is 14.8. The van der Waals surface area contributed by atoms with Crippen molar-refractivity contribution < 1.29 is 415 Å². The first-order valence-electron chi connectivity index (χ1n) is 8.78. The summed E-state index contributed by atoms with van der Waals surface area (Å²) >= 11 is -97.4. The summed E-state index contributed by atoms with van der Waals surface area (Å²) in [5.74, 6) is 0. The third-order valence-electron chi connectivity index (χ3n) is 2.06. The van der Waals surface area contributed by atoms with Crippen molar-refractivity contribution in [1.82, 2.24) is 0 Å². The Morgan fingerprint density at radius 2 is 0.375 bits per heavy atom. The van der Waals surface area contributed by atoms with Crippen LogP contribution in [0, 0.1) is 0 Å². The van der Waals surface area contributed by atoms with Crippen molar-refractivity contribution in [2.75, 3.05) is 0 Å². The summed E-state index contributed by atoms with van der Waals surface area (Å²) in [7, 11) is -7.91. The molecule has 0 aromatic carbocycles. The summed E-state index contributed by atoms with van der Waals surface area (Å²) < 4.78 is 347. The number of rotatable bonds is 24. The number of hydrogen-bond donors (Lipinski definition) is 3. The van der Waals surface area contributed by atoms with Gasteiger partial charge in [-0.1, -0.05) is 0 Å². The zero-order valence-corrected chi connectivity index (χ0v) is 55.8. The summed E-state index contributed by atoms with van der Waals surface area (Å²) in [5.41, 5.74) is 0. The maximum atomic E-state index is 12.8. The van der Waals surface area contributed by atoms with Crippen LogP contribution < -0.4 is 88.7 Å². The van der Waals surface area contributed by atoms with Gasteiger partial charge in [-0.15, -0.1) is 0 Å². The molecule has 40 nitrogen and oxygen atoms in total. The fraction of sp³-hybridized carbons (Fsp3) is 0. The largest absolute Gasteiger partial charge is 1.00 e. The van der Waals surface area contributed by atoms with E-state index in [1.165, 1.54) is 0 Å². The SMILES string of the molecule is O=P([O][Mo](=[O])(=[O])[O][Mo](=[O])(=[O])[O][Mo](=[O])(=[O])[O][Mo](=[O])(=[O])[OH])([O][Mo](=[O])(=[O])[O][Mo](=[O])(=[O])[O][Mo](=[O])(=[O])[O][Mo](=[O])(=[O])[OH])[O][Mo](=[O])(=[O])[O][Mo](=[O])(=[O])[O][Mo](=[O])(=[O])[O][Mo](=[O])(=[O])[OH].[Na+].[Na+].[Na+]. The van der Waals surface area contributed by atoms with Crippen molar-refractivity contribution in [3.63, 3.8) is 0 Å². The zero-order valence-electron chi connectivity index (χ0n) is 24.8. The van der Waals surface area contributed by atoms with E-state index in [0.29, 0.717) is 0 Å². The Morgan fingerprint density at radius 3 is 0.518 bits per heavy atom. The van der Waals surface area contributed by atoms with Crippen LogP contribution in [-0.2, 0) is 315 Å². The van der Waals surface area contributed by atoms with Crippen LogP contribution in [0.2, 0.25) is 0 Å². The molecule has 56 heteroatoms. The van der Waals surface area contributed by atoms with Crippen molar-refractivity contribution in [3.05, 3.63) is 0 Å². The monoisotopic (exact) mass is 1920 g/mol. The smallest absolute Gasteiger partial charge is 1.00 e. The molecule has 0 radical (unpaired) electrons. The summed E-state index contributed by atoms with van der Waals surface area (Å²) in [6.07, 6.45) is 0. The van der Waals surface area contributed by atoms with E-state index in [9.17, 15) is 86.1 Å². The molecule has 0 saturated carbocycles.